The van der Waals surface area contributed by atoms with Gasteiger partial charge in [-0.15, -0.1) is 0 Å². The smallest absolute Gasteiger partial charge is 0.328 e. The summed E-state index contributed by atoms with van der Waals surface area (Å²) in [6.07, 6.45) is 2.49. The highest BCUT2D eigenvalue weighted by atomic mass is 16.5. The summed E-state index contributed by atoms with van der Waals surface area (Å²) in [6, 6.07) is 7.61. The largest absolute Gasteiger partial charge is 0.467 e. The number of nitrogens with one attached hydrogen (secondary N) is 1. The molecule has 0 saturated heterocycles. The zero-order chi connectivity index (χ0) is 13.8. The molecular weight excluding hydrogens is 242 g/mol. The molecular formula is C15H19NO3. The Morgan fingerprint density at radius 1 is 1.32 bits per heavy atom. The van der Waals surface area contributed by atoms with E-state index in [1.54, 1.807) is 6.92 Å². The third-order valence-corrected chi connectivity index (χ3v) is 3.63. The number of ether oxygens (including phenoxy) is 1. The fourth-order valence-corrected chi connectivity index (χ4v) is 2.49. The Hall–Kier alpha value is -1.84. The zero-order valence-corrected chi connectivity index (χ0v) is 11.3. The summed E-state index contributed by atoms with van der Waals surface area (Å²) in [5.74, 6) is -0.529. The van der Waals surface area contributed by atoms with Gasteiger partial charge in [0, 0.05) is 5.92 Å². The third kappa shape index (κ3) is 3.13. The van der Waals surface area contributed by atoms with Gasteiger partial charge < -0.3 is 10.1 Å². The lowest BCUT2D eigenvalue weighted by molar-refractivity contribution is -0.145. The first-order chi connectivity index (χ1) is 9.11. The molecule has 102 valence electrons. The van der Waals surface area contributed by atoms with E-state index in [-0.39, 0.29) is 11.8 Å². The molecule has 2 rings (SSSR count). The van der Waals surface area contributed by atoms with Crippen molar-refractivity contribution >= 4 is 11.9 Å². The first-order valence-electron chi connectivity index (χ1n) is 6.56. The van der Waals surface area contributed by atoms with E-state index >= 15 is 0 Å². The van der Waals surface area contributed by atoms with Crippen molar-refractivity contribution in [1.29, 1.82) is 0 Å². The van der Waals surface area contributed by atoms with Gasteiger partial charge in [0.25, 0.3) is 0 Å². The van der Waals surface area contributed by atoms with Crippen LogP contribution in [-0.2, 0) is 27.2 Å². The van der Waals surface area contributed by atoms with E-state index in [0.717, 1.165) is 19.3 Å². The van der Waals surface area contributed by atoms with E-state index in [1.165, 1.54) is 18.2 Å². The summed E-state index contributed by atoms with van der Waals surface area (Å²) in [6.45, 7) is 1.64. The Balaban J connectivity index is 1.97. The molecule has 1 aliphatic rings. The molecule has 0 bridgehead atoms. The van der Waals surface area contributed by atoms with Crippen LogP contribution in [0.15, 0.2) is 24.3 Å². The van der Waals surface area contributed by atoms with Crippen molar-refractivity contribution in [1.82, 2.24) is 5.32 Å². The van der Waals surface area contributed by atoms with Gasteiger partial charge in [-0.1, -0.05) is 24.3 Å². The highest BCUT2D eigenvalue weighted by molar-refractivity contribution is 5.85. The molecule has 2 atom stereocenters. The van der Waals surface area contributed by atoms with Crippen molar-refractivity contribution in [2.75, 3.05) is 7.11 Å². The van der Waals surface area contributed by atoms with Crippen LogP contribution in [0.25, 0.3) is 0 Å². The highest BCUT2D eigenvalue weighted by Crippen LogP contribution is 2.25. The van der Waals surface area contributed by atoms with Crippen molar-refractivity contribution in [3.63, 3.8) is 0 Å². The number of benzene rings is 1. The average Bonchev–Trinajstić information content (AvgIpc) is 2.45. The van der Waals surface area contributed by atoms with E-state index in [9.17, 15) is 9.59 Å². The highest BCUT2D eigenvalue weighted by Gasteiger charge is 2.26. The topological polar surface area (TPSA) is 55.4 Å². The second-order valence-electron chi connectivity index (χ2n) is 4.96. The van der Waals surface area contributed by atoms with Gasteiger partial charge in [0.1, 0.15) is 6.04 Å². The van der Waals surface area contributed by atoms with Gasteiger partial charge in [-0.25, -0.2) is 4.79 Å². The van der Waals surface area contributed by atoms with E-state index in [4.69, 9.17) is 0 Å². The maximum atomic E-state index is 12.1. The van der Waals surface area contributed by atoms with Crippen LogP contribution in [0, 0.1) is 5.92 Å². The summed E-state index contributed by atoms with van der Waals surface area (Å²) in [5, 5.41) is 2.72. The van der Waals surface area contributed by atoms with Crippen LogP contribution in [0.4, 0.5) is 0 Å². The van der Waals surface area contributed by atoms with Gasteiger partial charge in [0.15, 0.2) is 0 Å². The molecule has 4 heteroatoms. The predicted molar refractivity (Wildman–Crippen MR) is 71.6 cm³/mol. The maximum Gasteiger partial charge on any atom is 0.328 e. The lowest BCUT2D eigenvalue weighted by Crippen LogP contribution is -2.43. The molecule has 0 aromatic heterocycles. The van der Waals surface area contributed by atoms with Crippen LogP contribution in [0.3, 0.4) is 0 Å². The van der Waals surface area contributed by atoms with Crippen LogP contribution in [0.1, 0.15) is 24.5 Å². The summed E-state index contributed by atoms with van der Waals surface area (Å²) < 4.78 is 4.60. The Kier molecular flexibility index (Phi) is 4.20. The first-order valence-corrected chi connectivity index (χ1v) is 6.56. The Morgan fingerprint density at radius 3 is 2.68 bits per heavy atom. The summed E-state index contributed by atoms with van der Waals surface area (Å²) in [5.41, 5.74) is 2.56. The summed E-state index contributed by atoms with van der Waals surface area (Å²) in [4.78, 5) is 23.4. The fraction of sp³-hybridized carbons (Fsp3) is 0.467. The zero-order valence-electron chi connectivity index (χ0n) is 11.3. The number of rotatable bonds is 3. The lowest BCUT2D eigenvalue weighted by Gasteiger charge is -2.24. The number of hydrogen-bond donors (Lipinski definition) is 1. The molecule has 1 amide bonds. The van der Waals surface area contributed by atoms with Gasteiger partial charge in [-0.3, -0.25) is 4.79 Å². The molecule has 2 unspecified atom stereocenters. The minimum Gasteiger partial charge on any atom is -0.467 e. The Bertz CT molecular complexity index is 484. The molecule has 0 fully saturated rings. The van der Waals surface area contributed by atoms with Gasteiger partial charge in [-0.2, -0.15) is 0 Å². The van der Waals surface area contributed by atoms with E-state index in [2.05, 4.69) is 22.2 Å². The number of hydrogen-bond acceptors (Lipinski definition) is 3. The number of carbonyl (C=O) groups is 2. The summed E-state index contributed by atoms with van der Waals surface area (Å²) >= 11 is 0. The molecule has 19 heavy (non-hydrogen) atoms. The van der Waals surface area contributed by atoms with Crippen LogP contribution in [0.5, 0.6) is 0 Å². The minimum absolute atomic E-state index is 0.0537. The number of carbonyl (C=O) groups excluding carboxylic acids is 2. The molecule has 0 saturated carbocycles. The van der Waals surface area contributed by atoms with Gasteiger partial charge in [-0.05, 0) is 37.3 Å². The molecule has 1 aliphatic carbocycles. The molecule has 0 aliphatic heterocycles. The summed E-state index contributed by atoms with van der Waals surface area (Å²) in [7, 11) is 1.32. The molecule has 0 radical (unpaired) electrons. The van der Waals surface area contributed by atoms with Crippen molar-refractivity contribution in [3.8, 4) is 0 Å². The van der Waals surface area contributed by atoms with Gasteiger partial charge >= 0.3 is 5.97 Å². The Labute approximate surface area is 113 Å². The minimum atomic E-state index is -0.588. The van der Waals surface area contributed by atoms with Gasteiger partial charge in [0.05, 0.1) is 7.11 Å². The van der Waals surface area contributed by atoms with Crippen molar-refractivity contribution in [2.45, 2.75) is 32.2 Å². The second-order valence-corrected chi connectivity index (χ2v) is 4.96. The molecule has 0 spiro atoms. The standard InChI is InChI=1S/C15H19NO3/c1-10(15(18)19-2)16-14(17)13-8-7-11-5-3-4-6-12(11)9-13/h3-6,10,13H,7-9H2,1-2H3,(H,16,17). The van der Waals surface area contributed by atoms with Crippen LogP contribution < -0.4 is 5.32 Å². The number of aryl methyl sites for hydroxylation is 1. The number of amides is 1. The number of fused-ring (bicyclic) bond motifs is 1. The van der Waals surface area contributed by atoms with Crippen molar-refractivity contribution < 1.29 is 14.3 Å². The van der Waals surface area contributed by atoms with E-state index in [0.29, 0.717) is 0 Å². The molecule has 4 nitrogen and oxygen atoms in total. The number of methoxy groups -OCH3 is 1. The molecule has 1 aromatic rings. The third-order valence-electron chi connectivity index (χ3n) is 3.63. The SMILES string of the molecule is COC(=O)C(C)NC(=O)C1CCc2ccccc2C1. The van der Waals surface area contributed by atoms with Crippen LogP contribution >= 0.6 is 0 Å². The average molecular weight is 261 g/mol. The quantitative estimate of drug-likeness (QED) is 0.838. The fourth-order valence-electron chi connectivity index (χ4n) is 2.49. The maximum absolute atomic E-state index is 12.1. The van der Waals surface area contributed by atoms with Crippen molar-refractivity contribution in [2.24, 2.45) is 5.92 Å². The van der Waals surface area contributed by atoms with Crippen molar-refractivity contribution in [3.05, 3.63) is 35.4 Å². The number of esters is 1. The predicted octanol–water partition coefficient (Wildman–Crippen LogP) is 1.47. The van der Waals surface area contributed by atoms with E-state index in [1.807, 2.05) is 12.1 Å². The van der Waals surface area contributed by atoms with E-state index < -0.39 is 12.0 Å². The molecule has 1 aromatic carbocycles. The first kappa shape index (κ1) is 13.6. The Morgan fingerprint density at radius 2 is 2.00 bits per heavy atom. The van der Waals surface area contributed by atoms with Crippen LogP contribution in [-0.4, -0.2) is 25.0 Å². The normalized spacial score (nSPS) is 19.2. The second kappa shape index (κ2) is 5.87. The lowest BCUT2D eigenvalue weighted by atomic mass is 9.83. The molecule has 0 heterocycles. The monoisotopic (exact) mass is 261 g/mol. The van der Waals surface area contributed by atoms with Gasteiger partial charge in [0.2, 0.25) is 5.91 Å². The van der Waals surface area contributed by atoms with Crippen LogP contribution in [0.2, 0.25) is 0 Å². The molecule has 1 N–H and O–H groups in total.